The van der Waals surface area contributed by atoms with Gasteiger partial charge in [0, 0.05) is 17.3 Å². The van der Waals surface area contributed by atoms with Gasteiger partial charge in [-0.2, -0.15) is 17.7 Å². The fraction of sp³-hybridized carbons (Fsp3) is 0.250. The average molecular weight is 299 g/mol. The fourth-order valence-electron chi connectivity index (χ4n) is 2.24. The maximum absolute atomic E-state index is 5.81. The van der Waals surface area contributed by atoms with Gasteiger partial charge in [-0.05, 0) is 17.7 Å². The number of thiol groups is 1. The molecule has 21 heavy (non-hydrogen) atoms. The number of rotatable bonds is 6. The van der Waals surface area contributed by atoms with Crippen LogP contribution in [0, 0.1) is 0 Å². The van der Waals surface area contributed by atoms with Gasteiger partial charge in [0.2, 0.25) is 0 Å². The molecule has 0 aliphatic heterocycles. The zero-order valence-electron chi connectivity index (χ0n) is 11.6. The first kappa shape index (κ1) is 14.1. The topological polar surface area (TPSA) is 39.9 Å². The zero-order valence-corrected chi connectivity index (χ0v) is 12.5. The molecule has 2 heterocycles. The van der Waals surface area contributed by atoms with E-state index < -0.39 is 0 Å². The average Bonchev–Trinajstić information content (AvgIpc) is 2.97. The van der Waals surface area contributed by atoms with Crippen LogP contribution in [0.4, 0.5) is 0 Å². The molecule has 2 aromatic heterocycles. The maximum atomic E-state index is 5.81. The van der Waals surface area contributed by atoms with Crippen molar-refractivity contribution >= 4 is 23.7 Å². The molecule has 0 aliphatic carbocycles. The van der Waals surface area contributed by atoms with Gasteiger partial charge in [-0.1, -0.05) is 30.3 Å². The number of hydrogen-bond acceptors (Lipinski definition) is 4. The van der Waals surface area contributed by atoms with E-state index in [2.05, 4.69) is 34.8 Å². The molecule has 1 aromatic carbocycles. The number of nitrogens with zero attached hydrogens (tertiary/aromatic N) is 3. The van der Waals surface area contributed by atoms with Gasteiger partial charge in [-0.15, -0.1) is 0 Å². The highest BCUT2D eigenvalue weighted by atomic mass is 32.1. The molecule has 0 radical (unpaired) electrons. The predicted octanol–water partition coefficient (Wildman–Crippen LogP) is 3.12. The lowest BCUT2D eigenvalue weighted by Crippen LogP contribution is -2.18. The van der Waals surface area contributed by atoms with Crippen LogP contribution in [-0.2, 0) is 11.3 Å². The Hall–Kier alpha value is -1.85. The molecule has 0 spiro atoms. The number of pyridine rings is 1. The van der Waals surface area contributed by atoms with Crippen LogP contribution >= 0.6 is 12.6 Å². The van der Waals surface area contributed by atoms with Gasteiger partial charge in [-0.3, -0.25) is 0 Å². The van der Waals surface area contributed by atoms with Crippen molar-refractivity contribution < 1.29 is 4.74 Å². The summed E-state index contributed by atoms with van der Waals surface area (Å²) in [5.41, 5.74) is 2.04. The second kappa shape index (κ2) is 6.74. The standard InChI is InChI=1S/C16H17N3OS/c21-12-15(11-20-10-13-5-2-1-3-6-13)19-16-14(9-18-19)7-4-8-17-16/h1-9,15,21H,10-12H2. The van der Waals surface area contributed by atoms with Crippen LogP contribution in [0.15, 0.2) is 54.9 Å². The highest BCUT2D eigenvalue weighted by Crippen LogP contribution is 2.17. The molecule has 3 rings (SSSR count). The maximum Gasteiger partial charge on any atom is 0.158 e. The van der Waals surface area contributed by atoms with Gasteiger partial charge in [0.25, 0.3) is 0 Å². The summed E-state index contributed by atoms with van der Waals surface area (Å²) in [6, 6.07) is 14.1. The lowest BCUT2D eigenvalue weighted by Gasteiger charge is -2.16. The molecule has 0 saturated carbocycles. The van der Waals surface area contributed by atoms with Crippen LogP contribution < -0.4 is 0 Å². The second-order valence-corrected chi connectivity index (χ2v) is 5.21. The third-order valence-corrected chi connectivity index (χ3v) is 3.76. The molecule has 0 bridgehead atoms. The Balaban J connectivity index is 1.68. The van der Waals surface area contributed by atoms with Gasteiger partial charge < -0.3 is 4.74 Å². The van der Waals surface area contributed by atoms with Crippen molar-refractivity contribution in [3.8, 4) is 0 Å². The van der Waals surface area contributed by atoms with Crippen molar-refractivity contribution in [2.45, 2.75) is 12.6 Å². The van der Waals surface area contributed by atoms with Crippen LogP contribution in [0.25, 0.3) is 11.0 Å². The molecule has 4 nitrogen and oxygen atoms in total. The van der Waals surface area contributed by atoms with E-state index >= 15 is 0 Å². The molecule has 3 aromatic rings. The minimum absolute atomic E-state index is 0.0736. The Labute approximate surface area is 129 Å². The molecule has 0 aliphatic rings. The SMILES string of the molecule is SCC(COCc1ccccc1)n1ncc2cccnc21. The van der Waals surface area contributed by atoms with E-state index in [0.29, 0.717) is 19.0 Å². The van der Waals surface area contributed by atoms with Crippen molar-refractivity contribution in [3.05, 3.63) is 60.4 Å². The number of hydrogen-bond donors (Lipinski definition) is 1. The predicted molar refractivity (Wildman–Crippen MR) is 86.5 cm³/mol. The quantitative estimate of drug-likeness (QED) is 0.711. The smallest absolute Gasteiger partial charge is 0.158 e. The van der Waals surface area contributed by atoms with E-state index in [1.165, 1.54) is 5.56 Å². The molecule has 0 amide bonds. The van der Waals surface area contributed by atoms with E-state index in [-0.39, 0.29) is 6.04 Å². The summed E-state index contributed by atoms with van der Waals surface area (Å²) in [6.45, 7) is 1.16. The molecule has 1 unspecified atom stereocenters. The minimum atomic E-state index is 0.0736. The molecule has 0 N–H and O–H groups in total. The van der Waals surface area contributed by atoms with Crippen LogP contribution in [0.1, 0.15) is 11.6 Å². The normalized spacial score (nSPS) is 12.6. The summed E-state index contributed by atoms with van der Waals surface area (Å²) in [6.07, 6.45) is 3.61. The molecule has 1 atom stereocenters. The number of benzene rings is 1. The number of fused-ring (bicyclic) bond motifs is 1. The van der Waals surface area contributed by atoms with E-state index in [4.69, 9.17) is 4.74 Å². The summed E-state index contributed by atoms with van der Waals surface area (Å²) in [5.74, 6) is 0.655. The van der Waals surface area contributed by atoms with Crippen LogP contribution in [0.3, 0.4) is 0 Å². The molecular formula is C16H17N3OS. The lowest BCUT2D eigenvalue weighted by atomic mass is 10.2. The van der Waals surface area contributed by atoms with Gasteiger partial charge >= 0.3 is 0 Å². The van der Waals surface area contributed by atoms with Gasteiger partial charge in [-0.25, -0.2) is 9.67 Å². The third-order valence-electron chi connectivity index (χ3n) is 3.33. The van der Waals surface area contributed by atoms with E-state index in [1.807, 2.05) is 41.2 Å². The van der Waals surface area contributed by atoms with E-state index in [1.54, 1.807) is 6.20 Å². The largest absolute Gasteiger partial charge is 0.375 e. The fourth-order valence-corrected chi connectivity index (χ4v) is 2.50. The Morgan fingerprint density at radius 1 is 1.14 bits per heavy atom. The second-order valence-electron chi connectivity index (χ2n) is 4.84. The highest BCUT2D eigenvalue weighted by molar-refractivity contribution is 7.80. The van der Waals surface area contributed by atoms with Crippen molar-refractivity contribution in [3.63, 3.8) is 0 Å². The van der Waals surface area contributed by atoms with Gasteiger partial charge in [0.15, 0.2) is 5.65 Å². The molecule has 108 valence electrons. The summed E-state index contributed by atoms with van der Waals surface area (Å²) >= 11 is 4.42. The van der Waals surface area contributed by atoms with Crippen LogP contribution in [0.5, 0.6) is 0 Å². The first-order valence-corrected chi connectivity index (χ1v) is 7.52. The van der Waals surface area contributed by atoms with Crippen LogP contribution in [0.2, 0.25) is 0 Å². The Morgan fingerprint density at radius 3 is 2.81 bits per heavy atom. The van der Waals surface area contributed by atoms with Crippen LogP contribution in [-0.4, -0.2) is 27.1 Å². The highest BCUT2D eigenvalue weighted by Gasteiger charge is 2.14. The molecule has 0 saturated heterocycles. The molecular weight excluding hydrogens is 282 g/mol. The summed E-state index contributed by atoms with van der Waals surface area (Å²) < 4.78 is 7.70. The third kappa shape index (κ3) is 3.25. The van der Waals surface area contributed by atoms with Crippen molar-refractivity contribution in [2.75, 3.05) is 12.4 Å². The van der Waals surface area contributed by atoms with Crippen molar-refractivity contribution in [1.29, 1.82) is 0 Å². The van der Waals surface area contributed by atoms with E-state index in [0.717, 1.165) is 11.0 Å². The first-order chi connectivity index (χ1) is 10.4. The Bertz CT molecular complexity index is 699. The zero-order chi connectivity index (χ0) is 14.5. The minimum Gasteiger partial charge on any atom is -0.375 e. The summed E-state index contributed by atoms with van der Waals surface area (Å²) in [4.78, 5) is 4.39. The summed E-state index contributed by atoms with van der Waals surface area (Å²) in [7, 11) is 0. The van der Waals surface area contributed by atoms with Crippen molar-refractivity contribution in [1.82, 2.24) is 14.8 Å². The first-order valence-electron chi connectivity index (χ1n) is 6.89. The Kier molecular flexibility index (Phi) is 4.52. The number of aromatic nitrogens is 3. The number of ether oxygens (including phenoxy) is 1. The van der Waals surface area contributed by atoms with Crippen molar-refractivity contribution in [2.24, 2.45) is 0 Å². The monoisotopic (exact) mass is 299 g/mol. The van der Waals surface area contributed by atoms with E-state index in [9.17, 15) is 0 Å². The lowest BCUT2D eigenvalue weighted by molar-refractivity contribution is 0.0939. The van der Waals surface area contributed by atoms with Gasteiger partial charge in [0.05, 0.1) is 25.5 Å². The summed E-state index contributed by atoms with van der Waals surface area (Å²) in [5, 5.41) is 5.45. The Morgan fingerprint density at radius 2 is 2.00 bits per heavy atom. The molecule has 5 heteroatoms. The molecule has 0 fully saturated rings. The van der Waals surface area contributed by atoms with Gasteiger partial charge in [0.1, 0.15) is 0 Å².